The number of carbonyl (C=O) groups excluding carboxylic acids is 1. The smallest absolute Gasteiger partial charge is 0.319 e. The molecular weight excluding hydrogens is 208 g/mol. The summed E-state index contributed by atoms with van der Waals surface area (Å²) in [7, 11) is 1.40. The first-order valence-corrected chi connectivity index (χ1v) is 5.37. The van der Waals surface area contributed by atoms with Crippen LogP contribution in [0.4, 0.5) is 0 Å². The van der Waals surface area contributed by atoms with Crippen LogP contribution in [0, 0.1) is 6.92 Å². The van der Waals surface area contributed by atoms with Crippen LogP contribution in [0.15, 0.2) is 10.6 Å². The van der Waals surface area contributed by atoms with E-state index >= 15 is 0 Å². The summed E-state index contributed by atoms with van der Waals surface area (Å²) in [4.78, 5) is 13.2. The molecular formula is C11H18N2O3. The van der Waals surface area contributed by atoms with Gasteiger partial charge >= 0.3 is 5.97 Å². The molecule has 0 atom stereocenters. The average molecular weight is 226 g/mol. The highest BCUT2D eigenvalue weighted by Crippen LogP contribution is 2.06. The van der Waals surface area contributed by atoms with Crippen LogP contribution >= 0.6 is 0 Å². The molecule has 1 aromatic heterocycles. The summed E-state index contributed by atoms with van der Waals surface area (Å²) in [6.07, 6.45) is 0.980. The van der Waals surface area contributed by atoms with E-state index in [1.807, 2.05) is 17.9 Å². The van der Waals surface area contributed by atoms with Crippen LogP contribution in [0.25, 0.3) is 0 Å². The van der Waals surface area contributed by atoms with E-state index in [1.54, 1.807) is 0 Å². The van der Waals surface area contributed by atoms with Crippen molar-refractivity contribution in [1.82, 2.24) is 10.1 Å². The molecule has 1 rings (SSSR count). The lowest BCUT2D eigenvalue weighted by Gasteiger charge is -2.18. The minimum absolute atomic E-state index is 0.228. The zero-order chi connectivity index (χ0) is 12.0. The molecule has 5 heteroatoms. The van der Waals surface area contributed by atoms with Crippen molar-refractivity contribution in [2.24, 2.45) is 0 Å². The Balaban J connectivity index is 2.53. The Kier molecular flexibility index (Phi) is 4.98. The minimum Gasteiger partial charge on any atom is -0.468 e. The van der Waals surface area contributed by atoms with Crippen LogP contribution in [-0.2, 0) is 16.1 Å². The Morgan fingerprint density at radius 2 is 2.38 bits per heavy atom. The van der Waals surface area contributed by atoms with Gasteiger partial charge in [0.05, 0.1) is 19.3 Å². The molecule has 16 heavy (non-hydrogen) atoms. The molecule has 0 aromatic carbocycles. The van der Waals surface area contributed by atoms with E-state index in [0.29, 0.717) is 6.54 Å². The molecule has 90 valence electrons. The quantitative estimate of drug-likeness (QED) is 0.686. The van der Waals surface area contributed by atoms with E-state index in [0.717, 1.165) is 24.4 Å². The van der Waals surface area contributed by atoms with Crippen molar-refractivity contribution >= 4 is 5.97 Å². The minimum atomic E-state index is -0.228. The number of rotatable bonds is 6. The Morgan fingerprint density at radius 3 is 2.88 bits per heavy atom. The molecule has 0 fully saturated rings. The first kappa shape index (κ1) is 12.7. The van der Waals surface area contributed by atoms with Crippen molar-refractivity contribution in [3.63, 3.8) is 0 Å². The highest BCUT2D eigenvalue weighted by atomic mass is 16.5. The van der Waals surface area contributed by atoms with Crippen LogP contribution in [0.3, 0.4) is 0 Å². The van der Waals surface area contributed by atoms with Gasteiger partial charge in [0.1, 0.15) is 5.76 Å². The molecule has 0 bridgehead atoms. The van der Waals surface area contributed by atoms with E-state index in [1.165, 1.54) is 7.11 Å². The van der Waals surface area contributed by atoms with Crippen molar-refractivity contribution in [2.45, 2.75) is 26.8 Å². The first-order valence-electron chi connectivity index (χ1n) is 5.37. The molecule has 0 aliphatic heterocycles. The third kappa shape index (κ3) is 4.02. The number of nitrogens with zero attached hydrogens (tertiary/aromatic N) is 2. The van der Waals surface area contributed by atoms with Crippen molar-refractivity contribution in [3.05, 3.63) is 17.5 Å². The second-order valence-electron chi connectivity index (χ2n) is 3.72. The molecule has 0 unspecified atom stereocenters. The molecule has 0 saturated carbocycles. The number of hydrogen-bond donors (Lipinski definition) is 0. The number of hydrogen-bond acceptors (Lipinski definition) is 5. The average Bonchev–Trinajstić information content (AvgIpc) is 2.64. The maximum absolute atomic E-state index is 11.2. The summed E-state index contributed by atoms with van der Waals surface area (Å²) < 4.78 is 9.63. The Morgan fingerprint density at radius 1 is 1.62 bits per heavy atom. The van der Waals surface area contributed by atoms with Gasteiger partial charge in [0.25, 0.3) is 0 Å². The molecule has 0 aliphatic carbocycles. The van der Waals surface area contributed by atoms with Crippen LogP contribution < -0.4 is 0 Å². The Bertz CT molecular complexity index is 336. The lowest BCUT2D eigenvalue weighted by Crippen LogP contribution is -2.31. The maximum Gasteiger partial charge on any atom is 0.319 e. The summed E-state index contributed by atoms with van der Waals surface area (Å²) in [6.45, 7) is 5.65. The molecule has 0 amide bonds. The van der Waals surface area contributed by atoms with Gasteiger partial charge in [0.15, 0.2) is 0 Å². The number of esters is 1. The Labute approximate surface area is 95.4 Å². The predicted octanol–water partition coefficient (Wildman–Crippen LogP) is 1.37. The topological polar surface area (TPSA) is 55.6 Å². The van der Waals surface area contributed by atoms with Crippen LogP contribution in [0.5, 0.6) is 0 Å². The number of carbonyl (C=O) groups is 1. The Hall–Kier alpha value is -1.36. The van der Waals surface area contributed by atoms with Crippen LogP contribution in [-0.4, -0.2) is 36.2 Å². The van der Waals surface area contributed by atoms with Crippen molar-refractivity contribution in [3.8, 4) is 0 Å². The highest BCUT2D eigenvalue weighted by Gasteiger charge is 2.12. The van der Waals surface area contributed by atoms with E-state index in [2.05, 4.69) is 16.8 Å². The lowest BCUT2D eigenvalue weighted by atomic mass is 10.3. The SMILES string of the molecule is CCCN(CC(=O)OC)Cc1cc(C)on1. The molecule has 1 heterocycles. The monoisotopic (exact) mass is 226 g/mol. The summed E-state index contributed by atoms with van der Waals surface area (Å²) in [5, 5.41) is 3.90. The fourth-order valence-corrected chi connectivity index (χ4v) is 1.50. The van der Waals surface area contributed by atoms with Gasteiger partial charge < -0.3 is 9.26 Å². The normalized spacial score (nSPS) is 10.8. The van der Waals surface area contributed by atoms with Gasteiger partial charge in [-0.05, 0) is 19.9 Å². The second-order valence-corrected chi connectivity index (χ2v) is 3.72. The fourth-order valence-electron chi connectivity index (χ4n) is 1.50. The van der Waals surface area contributed by atoms with Crippen molar-refractivity contribution < 1.29 is 14.1 Å². The number of aryl methyl sites for hydroxylation is 1. The number of methoxy groups -OCH3 is 1. The summed E-state index contributed by atoms with van der Waals surface area (Å²) in [5.41, 5.74) is 0.842. The molecule has 0 spiro atoms. The summed E-state index contributed by atoms with van der Waals surface area (Å²) >= 11 is 0. The molecule has 0 aliphatic rings. The van der Waals surface area contributed by atoms with Crippen molar-refractivity contribution in [1.29, 1.82) is 0 Å². The van der Waals surface area contributed by atoms with E-state index < -0.39 is 0 Å². The lowest BCUT2D eigenvalue weighted by molar-refractivity contribution is -0.142. The van der Waals surface area contributed by atoms with Crippen molar-refractivity contribution in [2.75, 3.05) is 20.2 Å². The maximum atomic E-state index is 11.2. The third-order valence-electron chi connectivity index (χ3n) is 2.18. The van der Waals surface area contributed by atoms with Gasteiger partial charge in [-0.25, -0.2) is 0 Å². The second kappa shape index (κ2) is 6.27. The van der Waals surface area contributed by atoms with Gasteiger partial charge in [0, 0.05) is 12.6 Å². The zero-order valence-corrected chi connectivity index (χ0v) is 10.0. The van der Waals surface area contributed by atoms with Crippen LogP contribution in [0.2, 0.25) is 0 Å². The number of ether oxygens (including phenoxy) is 1. The van der Waals surface area contributed by atoms with E-state index in [-0.39, 0.29) is 12.5 Å². The van der Waals surface area contributed by atoms with E-state index in [4.69, 9.17) is 4.52 Å². The largest absolute Gasteiger partial charge is 0.468 e. The number of aromatic nitrogens is 1. The van der Waals surface area contributed by atoms with Gasteiger partial charge in [-0.2, -0.15) is 0 Å². The molecule has 0 saturated heterocycles. The van der Waals surface area contributed by atoms with Gasteiger partial charge in [-0.1, -0.05) is 12.1 Å². The summed E-state index contributed by atoms with van der Waals surface area (Å²) in [6, 6.07) is 1.87. The zero-order valence-electron chi connectivity index (χ0n) is 10.0. The van der Waals surface area contributed by atoms with E-state index in [9.17, 15) is 4.79 Å². The molecule has 0 N–H and O–H groups in total. The molecule has 1 aromatic rings. The van der Waals surface area contributed by atoms with Gasteiger partial charge in [-0.15, -0.1) is 0 Å². The third-order valence-corrected chi connectivity index (χ3v) is 2.18. The highest BCUT2D eigenvalue weighted by molar-refractivity contribution is 5.71. The predicted molar refractivity (Wildman–Crippen MR) is 58.8 cm³/mol. The first-order chi connectivity index (χ1) is 7.65. The molecule has 5 nitrogen and oxygen atoms in total. The van der Waals surface area contributed by atoms with Gasteiger partial charge in [0.2, 0.25) is 0 Å². The fraction of sp³-hybridized carbons (Fsp3) is 0.636. The standard InChI is InChI=1S/C11H18N2O3/c1-4-5-13(8-11(14)15-3)7-10-6-9(2)16-12-10/h6H,4-5,7-8H2,1-3H3. The summed E-state index contributed by atoms with van der Waals surface area (Å²) in [5.74, 6) is 0.554. The van der Waals surface area contributed by atoms with Crippen LogP contribution in [0.1, 0.15) is 24.8 Å². The molecule has 0 radical (unpaired) electrons. The van der Waals surface area contributed by atoms with Gasteiger partial charge in [-0.3, -0.25) is 9.69 Å².